The summed E-state index contributed by atoms with van der Waals surface area (Å²) in [7, 11) is 0. The number of alkyl halides is 6. The number of fused-ring (bicyclic) bond motifs is 3. The first kappa shape index (κ1) is 40.6. The van der Waals surface area contributed by atoms with Crippen LogP contribution < -0.4 is 0 Å². The van der Waals surface area contributed by atoms with Gasteiger partial charge in [0.05, 0.1) is 62.3 Å². The lowest BCUT2D eigenvalue weighted by Crippen LogP contribution is -2.08. The van der Waals surface area contributed by atoms with Gasteiger partial charge in [-0.15, -0.1) is 0 Å². The van der Waals surface area contributed by atoms with Gasteiger partial charge in [-0.1, -0.05) is 133 Å². The van der Waals surface area contributed by atoms with E-state index in [9.17, 15) is 31.6 Å². The first-order valence-electron chi connectivity index (χ1n) is 20.2. The molecule has 0 fully saturated rings. The molecule has 3 heterocycles. The molecule has 10 aromatic rings. The van der Waals surface area contributed by atoms with Crippen LogP contribution in [0, 0.1) is 11.3 Å². The summed E-state index contributed by atoms with van der Waals surface area (Å²) < 4.78 is 89.6. The van der Waals surface area contributed by atoms with E-state index in [1.165, 1.54) is 28.8 Å². The molecule has 0 aliphatic rings. The highest BCUT2D eigenvalue weighted by molar-refractivity contribution is 6.11. The number of nitriles is 1. The summed E-state index contributed by atoms with van der Waals surface area (Å²) in [6, 6.07) is 51.9. The molecule has 12 heteroatoms. The van der Waals surface area contributed by atoms with Crippen LogP contribution >= 0.6 is 0 Å². The monoisotopic (exact) mass is 864 g/mol. The third kappa shape index (κ3) is 7.74. The summed E-state index contributed by atoms with van der Waals surface area (Å²) in [6.45, 7) is 0. The fourth-order valence-corrected chi connectivity index (χ4v) is 8.06. The fraction of sp³-hybridized carbons (Fsp3) is 0.0377. The van der Waals surface area contributed by atoms with Crippen molar-refractivity contribution >= 4 is 21.8 Å². The summed E-state index contributed by atoms with van der Waals surface area (Å²) in [5.74, 6) is 0.333. The van der Waals surface area contributed by atoms with Gasteiger partial charge >= 0.3 is 12.4 Å². The maximum atomic E-state index is 14.7. The van der Waals surface area contributed by atoms with E-state index in [0.29, 0.717) is 39.3 Å². The molecule has 65 heavy (non-hydrogen) atoms. The van der Waals surface area contributed by atoms with Crippen molar-refractivity contribution in [1.29, 1.82) is 5.26 Å². The minimum atomic E-state index is -4.82. The molecule has 6 nitrogen and oxygen atoms in total. The van der Waals surface area contributed by atoms with Crippen LogP contribution in [-0.2, 0) is 12.4 Å². The second-order valence-electron chi connectivity index (χ2n) is 15.2. The number of aromatic nitrogens is 5. The molecule has 10 rings (SSSR count). The van der Waals surface area contributed by atoms with Crippen molar-refractivity contribution in [3.63, 3.8) is 0 Å². The molecule has 0 aliphatic heterocycles. The summed E-state index contributed by atoms with van der Waals surface area (Å²) in [6.07, 6.45) is -9.63. The van der Waals surface area contributed by atoms with Gasteiger partial charge in [-0.25, -0.2) is 19.9 Å². The van der Waals surface area contributed by atoms with Gasteiger partial charge < -0.3 is 4.57 Å². The first-order chi connectivity index (χ1) is 31.4. The van der Waals surface area contributed by atoms with Crippen molar-refractivity contribution in [1.82, 2.24) is 24.5 Å². The Morgan fingerprint density at radius 1 is 0.400 bits per heavy atom. The molecule has 0 spiro atoms. The minimum absolute atomic E-state index is 0.0492. The molecule has 0 saturated heterocycles. The smallest absolute Gasteiger partial charge is 0.308 e. The third-order valence-electron chi connectivity index (χ3n) is 11.1. The van der Waals surface area contributed by atoms with E-state index in [4.69, 9.17) is 19.9 Å². The van der Waals surface area contributed by atoms with Crippen molar-refractivity contribution in [2.75, 3.05) is 0 Å². The van der Waals surface area contributed by atoms with E-state index in [0.717, 1.165) is 24.3 Å². The second kappa shape index (κ2) is 16.0. The lowest BCUT2D eigenvalue weighted by atomic mass is 9.97. The van der Waals surface area contributed by atoms with E-state index in [1.807, 2.05) is 121 Å². The van der Waals surface area contributed by atoms with E-state index >= 15 is 0 Å². The molecule has 3 aromatic heterocycles. The van der Waals surface area contributed by atoms with Crippen LogP contribution in [0.3, 0.4) is 0 Å². The van der Waals surface area contributed by atoms with Crippen molar-refractivity contribution < 1.29 is 26.3 Å². The van der Waals surface area contributed by atoms with Gasteiger partial charge in [0.25, 0.3) is 0 Å². The highest BCUT2D eigenvalue weighted by atomic mass is 19.4. The van der Waals surface area contributed by atoms with Crippen molar-refractivity contribution in [2.45, 2.75) is 12.4 Å². The molecule has 0 atom stereocenters. The van der Waals surface area contributed by atoms with Crippen molar-refractivity contribution in [3.05, 3.63) is 199 Å². The maximum Gasteiger partial charge on any atom is 0.416 e. The first-order valence-corrected chi connectivity index (χ1v) is 20.2. The second-order valence-corrected chi connectivity index (χ2v) is 15.2. The predicted octanol–water partition coefficient (Wildman–Crippen LogP) is 14.3. The molecule has 314 valence electrons. The zero-order valence-electron chi connectivity index (χ0n) is 33.8. The van der Waals surface area contributed by atoms with Gasteiger partial charge in [0.1, 0.15) is 0 Å². The Kier molecular flexibility index (Phi) is 10.0. The highest BCUT2D eigenvalue weighted by Crippen LogP contribution is 2.45. The van der Waals surface area contributed by atoms with E-state index in [1.54, 1.807) is 12.1 Å². The van der Waals surface area contributed by atoms with Gasteiger partial charge in [0, 0.05) is 44.2 Å². The fourth-order valence-electron chi connectivity index (χ4n) is 8.06. The Hall–Kier alpha value is -8.43. The van der Waals surface area contributed by atoms with Crippen LogP contribution in [-0.4, -0.2) is 24.5 Å². The van der Waals surface area contributed by atoms with E-state index in [2.05, 4.69) is 6.07 Å². The number of hydrogen-bond acceptors (Lipinski definition) is 5. The molecule has 0 N–H and O–H groups in total. The Morgan fingerprint density at radius 3 is 1.22 bits per heavy atom. The molecule has 0 amide bonds. The lowest BCUT2D eigenvalue weighted by Gasteiger charge is -2.20. The zero-order chi connectivity index (χ0) is 44.9. The number of halogens is 6. The van der Waals surface area contributed by atoms with Gasteiger partial charge in [-0.3, -0.25) is 0 Å². The predicted molar refractivity (Wildman–Crippen MR) is 239 cm³/mol. The lowest BCUT2D eigenvalue weighted by molar-refractivity contribution is -0.138. The quantitative estimate of drug-likeness (QED) is 0.149. The number of nitrogens with zero attached hydrogens (tertiary/aromatic N) is 6. The summed E-state index contributed by atoms with van der Waals surface area (Å²) in [4.78, 5) is 20.1. The Bertz CT molecular complexity index is 3120. The molecule has 0 aliphatic carbocycles. The molecular weight excluding hydrogens is 835 g/mol. The SMILES string of the molecule is N#Cc1cc(-c2cc(-c3ccccc3)nc(-c3ccccc3)n2)c(-n2c3cc(C(F)(F)F)ccc3c3ccc(C(F)(F)F)cc32)c(-c2nc(-c3ccccc3)cc(-c3ccccc3)n2)c1. The number of rotatable bonds is 7. The molecular formula is C53H30F6N6. The Balaban J connectivity index is 1.41. The minimum Gasteiger partial charge on any atom is -0.308 e. The summed E-state index contributed by atoms with van der Waals surface area (Å²) in [5, 5.41) is 11.3. The Morgan fingerprint density at radius 2 is 0.785 bits per heavy atom. The van der Waals surface area contributed by atoms with Crippen molar-refractivity contribution in [2.24, 2.45) is 0 Å². The Labute approximate surface area is 367 Å². The molecule has 7 aromatic carbocycles. The van der Waals surface area contributed by atoms with E-state index in [-0.39, 0.29) is 61.5 Å². The maximum absolute atomic E-state index is 14.7. The van der Waals surface area contributed by atoms with Crippen LogP contribution in [0.2, 0.25) is 0 Å². The van der Waals surface area contributed by atoms with Crippen molar-refractivity contribution in [3.8, 4) is 79.6 Å². The largest absolute Gasteiger partial charge is 0.416 e. The molecule has 0 radical (unpaired) electrons. The molecule has 0 saturated carbocycles. The third-order valence-corrected chi connectivity index (χ3v) is 11.1. The van der Waals surface area contributed by atoms with E-state index < -0.39 is 23.5 Å². The summed E-state index contributed by atoms with van der Waals surface area (Å²) >= 11 is 0. The highest BCUT2D eigenvalue weighted by Gasteiger charge is 2.34. The standard InChI is InChI=1S/C53H30F6N6/c54-52(55,56)37-21-23-39-40-24-22-38(53(57,58)59)28-48(40)65(47(39)27-37)49-41(46-30-45(35-17-9-3-10-18-35)61-50(64-46)36-19-11-4-12-20-36)25-32(31-60)26-42(49)51-62-43(33-13-5-1-6-14-33)29-44(63-51)34-15-7-2-8-16-34/h1-30H. The average molecular weight is 865 g/mol. The van der Waals surface area contributed by atoms with Crippen LogP contribution in [0.4, 0.5) is 26.3 Å². The average Bonchev–Trinajstić information content (AvgIpc) is 3.66. The number of benzene rings is 7. The van der Waals surface area contributed by atoms with Crippen LogP contribution in [0.15, 0.2) is 182 Å². The molecule has 0 unspecified atom stereocenters. The van der Waals surface area contributed by atoms with Gasteiger partial charge in [-0.05, 0) is 48.5 Å². The van der Waals surface area contributed by atoms with Gasteiger partial charge in [0.2, 0.25) is 0 Å². The van der Waals surface area contributed by atoms with Crippen LogP contribution in [0.5, 0.6) is 0 Å². The topological polar surface area (TPSA) is 80.3 Å². The number of hydrogen-bond donors (Lipinski definition) is 0. The normalized spacial score (nSPS) is 11.8. The molecule has 0 bridgehead atoms. The zero-order valence-corrected chi connectivity index (χ0v) is 33.8. The van der Waals surface area contributed by atoms with Crippen LogP contribution in [0.1, 0.15) is 16.7 Å². The van der Waals surface area contributed by atoms with Crippen LogP contribution in [0.25, 0.3) is 95.3 Å². The summed E-state index contributed by atoms with van der Waals surface area (Å²) in [5.41, 5.74) is 2.80. The van der Waals surface area contributed by atoms with Gasteiger partial charge in [0.15, 0.2) is 11.6 Å². The van der Waals surface area contributed by atoms with Gasteiger partial charge in [-0.2, -0.15) is 31.6 Å².